The van der Waals surface area contributed by atoms with Crippen molar-refractivity contribution < 1.29 is 19.4 Å². The molecule has 0 amide bonds. The second kappa shape index (κ2) is 10.9. The fraction of sp³-hybridized carbons (Fsp3) is 0.476. The van der Waals surface area contributed by atoms with E-state index in [9.17, 15) is 9.90 Å². The van der Waals surface area contributed by atoms with E-state index in [-0.39, 0.29) is 0 Å². The predicted octanol–water partition coefficient (Wildman–Crippen LogP) is 4.28. The van der Waals surface area contributed by atoms with Crippen molar-refractivity contribution in [1.82, 2.24) is 4.90 Å². The van der Waals surface area contributed by atoms with Crippen LogP contribution in [0.5, 0.6) is 11.5 Å². The summed E-state index contributed by atoms with van der Waals surface area (Å²) < 4.78 is 11.7. The maximum absolute atomic E-state index is 11.7. The van der Waals surface area contributed by atoms with Gasteiger partial charge in [0.25, 0.3) is 0 Å². The molecule has 0 bridgehead atoms. The van der Waals surface area contributed by atoms with Gasteiger partial charge in [-0.25, -0.2) is 0 Å². The number of likely N-dealkylation sites (N-methyl/N-ethyl adjacent to an activating group) is 1. The molecule has 6 heteroatoms. The van der Waals surface area contributed by atoms with E-state index in [4.69, 9.17) is 9.47 Å². The lowest BCUT2D eigenvalue weighted by atomic mass is 9.97. The zero-order chi connectivity index (χ0) is 19.6. The lowest BCUT2D eigenvalue weighted by Gasteiger charge is -2.19. The van der Waals surface area contributed by atoms with Crippen LogP contribution in [-0.2, 0) is 11.2 Å². The summed E-state index contributed by atoms with van der Waals surface area (Å²) in [5.74, 6) is 0.0180. The van der Waals surface area contributed by atoms with E-state index < -0.39 is 11.9 Å². The molecule has 0 aliphatic heterocycles. The number of ether oxygens (including phenoxy) is 2. The molecule has 0 fully saturated rings. The third kappa shape index (κ3) is 6.26. The highest BCUT2D eigenvalue weighted by atomic mass is 32.1. The molecular weight excluding hydrogens is 362 g/mol. The number of carboxylic acid groups (broad SMARTS) is 1. The van der Waals surface area contributed by atoms with Crippen molar-refractivity contribution in [3.63, 3.8) is 0 Å². The maximum atomic E-state index is 11.7. The molecule has 1 heterocycles. The fourth-order valence-corrected chi connectivity index (χ4v) is 3.75. The van der Waals surface area contributed by atoms with Crippen molar-refractivity contribution in [1.29, 1.82) is 0 Å². The number of carbonyl (C=O) groups is 1. The average Bonchev–Trinajstić information content (AvgIpc) is 3.19. The van der Waals surface area contributed by atoms with Gasteiger partial charge in [0, 0.05) is 11.4 Å². The van der Waals surface area contributed by atoms with Gasteiger partial charge in [-0.15, -0.1) is 11.3 Å². The molecule has 1 aromatic carbocycles. The van der Waals surface area contributed by atoms with Gasteiger partial charge in [0.2, 0.25) is 0 Å². The second-order valence-corrected chi connectivity index (χ2v) is 7.18. The summed E-state index contributed by atoms with van der Waals surface area (Å²) in [5.41, 5.74) is 0.926. The van der Waals surface area contributed by atoms with Crippen LogP contribution in [0.3, 0.4) is 0 Å². The summed E-state index contributed by atoms with van der Waals surface area (Å²) in [4.78, 5) is 14.8. The van der Waals surface area contributed by atoms with Gasteiger partial charge in [-0.3, -0.25) is 4.79 Å². The summed E-state index contributed by atoms with van der Waals surface area (Å²) in [5, 5.41) is 11.5. The molecule has 148 valence electrons. The van der Waals surface area contributed by atoms with E-state index in [0.717, 1.165) is 30.1 Å². The Morgan fingerprint density at radius 2 is 1.93 bits per heavy atom. The van der Waals surface area contributed by atoms with Gasteiger partial charge in [0.15, 0.2) is 11.5 Å². The molecule has 0 saturated carbocycles. The first-order valence-corrected chi connectivity index (χ1v) is 10.3. The van der Waals surface area contributed by atoms with Gasteiger partial charge in [-0.05, 0) is 55.6 Å². The third-order valence-electron chi connectivity index (χ3n) is 4.49. The molecule has 1 unspecified atom stereocenters. The summed E-state index contributed by atoms with van der Waals surface area (Å²) >= 11 is 1.47. The molecule has 1 N–H and O–H groups in total. The van der Waals surface area contributed by atoms with Crippen molar-refractivity contribution in [2.45, 2.75) is 33.1 Å². The molecule has 0 radical (unpaired) electrons. The zero-order valence-electron chi connectivity index (χ0n) is 16.3. The Morgan fingerprint density at radius 1 is 1.15 bits per heavy atom. The van der Waals surface area contributed by atoms with Gasteiger partial charge in [0.05, 0.1) is 12.5 Å². The average molecular weight is 392 g/mol. The van der Waals surface area contributed by atoms with E-state index in [2.05, 4.69) is 18.7 Å². The molecule has 1 atom stereocenters. The smallest absolute Gasteiger partial charge is 0.312 e. The minimum atomic E-state index is -0.810. The first kappa shape index (κ1) is 21.3. The summed E-state index contributed by atoms with van der Waals surface area (Å²) in [6.45, 7) is 10.2. The third-order valence-corrected chi connectivity index (χ3v) is 5.48. The van der Waals surface area contributed by atoms with E-state index in [0.29, 0.717) is 31.1 Å². The molecule has 0 aliphatic rings. The number of carboxylic acids is 1. The molecule has 0 saturated heterocycles. The van der Waals surface area contributed by atoms with Crippen LogP contribution < -0.4 is 9.47 Å². The first-order chi connectivity index (χ1) is 13.1. The second-order valence-electron chi connectivity index (χ2n) is 6.20. The van der Waals surface area contributed by atoms with Crippen LogP contribution in [0.1, 0.15) is 37.1 Å². The Bertz CT molecular complexity index is 698. The number of benzene rings is 1. The van der Waals surface area contributed by atoms with Gasteiger partial charge < -0.3 is 19.5 Å². The zero-order valence-corrected chi connectivity index (χ0v) is 17.1. The van der Waals surface area contributed by atoms with Gasteiger partial charge >= 0.3 is 5.97 Å². The highest BCUT2D eigenvalue weighted by molar-refractivity contribution is 7.10. The SMILES string of the molecule is CCOc1cc(CC(C(=O)O)c2cccs2)ccc1OCCN(CC)CC. The minimum absolute atomic E-state index is 0.426. The lowest BCUT2D eigenvalue weighted by Crippen LogP contribution is -2.28. The maximum Gasteiger partial charge on any atom is 0.312 e. The molecule has 0 spiro atoms. The van der Waals surface area contributed by atoms with E-state index in [1.807, 2.05) is 42.6 Å². The Labute approximate surface area is 165 Å². The number of nitrogens with zero attached hydrogens (tertiary/aromatic N) is 1. The minimum Gasteiger partial charge on any atom is -0.490 e. The van der Waals surface area contributed by atoms with Crippen LogP contribution in [0.25, 0.3) is 0 Å². The van der Waals surface area contributed by atoms with Crippen LogP contribution >= 0.6 is 11.3 Å². The van der Waals surface area contributed by atoms with Crippen LogP contribution in [0.2, 0.25) is 0 Å². The quantitative estimate of drug-likeness (QED) is 0.585. The summed E-state index contributed by atoms with van der Waals surface area (Å²) in [7, 11) is 0. The van der Waals surface area contributed by atoms with Crippen molar-refractivity contribution in [2.75, 3.05) is 32.8 Å². The topological polar surface area (TPSA) is 59.0 Å². The van der Waals surface area contributed by atoms with E-state index in [1.54, 1.807) is 0 Å². The van der Waals surface area contributed by atoms with Gasteiger partial charge in [0.1, 0.15) is 6.61 Å². The number of rotatable bonds is 12. The van der Waals surface area contributed by atoms with Crippen molar-refractivity contribution in [2.24, 2.45) is 0 Å². The monoisotopic (exact) mass is 391 g/mol. The highest BCUT2D eigenvalue weighted by Gasteiger charge is 2.22. The predicted molar refractivity (Wildman–Crippen MR) is 109 cm³/mol. The first-order valence-electron chi connectivity index (χ1n) is 9.46. The number of aliphatic carboxylic acids is 1. The van der Waals surface area contributed by atoms with E-state index in [1.165, 1.54) is 11.3 Å². The molecule has 27 heavy (non-hydrogen) atoms. The van der Waals surface area contributed by atoms with E-state index >= 15 is 0 Å². The standard InChI is InChI=1S/C21H29NO4S/c1-4-22(5-2)11-12-26-18-10-9-16(15-19(18)25-6-3)14-17(21(23)24)20-8-7-13-27-20/h7-10,13,15,17H,4-6,11-12,14H2,1-3H3,(H,23,24). The number of hydrogen-bond acceptors (Lipinski definition) is 5. The summed E-state index contributed by atoms with van der Waals surface area (Å²) in [6.07, 6.45) is 0.426. The molecule has 1 aromatic heterocycles. The normalized spacial score (nSPS) is 12.1. The van der Waals surface area contributed by atoms with Crippen LogP contribution in [0.15, 0.2) is 35.7 Å². The van der Waals surface area contributed by atoms with Crippen molar-refractivity contribution in [3.8, 4) is 11.5 Å². The number of thiophene rings is 1. The number of hydrogen-bond donors (Lipinski definition) is 1. The lowest BCUT2D eigenvalue weighted by molar-refractivity contribution is -0.138. The van der Waals surface area contributed by atoms with Crippen LogP contribution in [0.4, 0.5) is 0 Å². The summed E-state index contributed by atoms with van der Waals surface area (Å²) in [6, 6.07) is 9.47. The Balaban J connectivity index is 2.10. The molecule has 2 aromatic rings. The molecule has 2 rings (SSSR count). The highest BCUT2D eigenvalue weighted by Crippen LogP contribution is 2.32. The van der Waals surface area contributed by atoms with Crippen LogP contribution in [0, 0.1) is 0 Å². The Kier molecular flexibility index (Phi) is 8.61. The molecule has 0 aliphatic carbocycles. The van der Waals surface area contributed by atoms with Gasteiger partial charge in [-0.2, -0.15) is 0 Å². The fourth-order valence-electron chi connectivity index (χ4n) is 2.93. The van der Waals surface area contributed by atoms with Gasteiger partial charge in [-0.1, -0.05) is 26.0 Å². The Morgan fingerprint density at radius 3 is 2.52 bits per heavy atom. The van der Waals surface area contributed by atoms with Crippen LogP contribution in [-0.4, -0.2) is 48.8 Å². The largest absolute Gasteiger partial charge is 0.490 e. The molecule has 5 nitrogen and oxygen atoms in total. The Hall–Kier alpha value is -2.05. The van der Waals surface area contributed by atoms with Crippen molar-refractivity contribution in [3.05, 3.63) is 46.2 Å². The van der Waals surface area contributed by atoms with Crippen molar-refractivity contribution >= 4 is 17.3 Å². The molecular formula is C21H29NO4S.